The third-order valence-corrected chi connectivity index (χ3v) is 3.57. The van der Waals surface area contributed by atoms with Crippen molar-refractivity contribution in [2.75, 3.05) is 18.4 Å². The summed E-state index contributed by atoms with van der Waals surface area (Å²) in [5.41, 5.74) is 7.02. The first-order chi connectivity index (χ1) is 7.93. The van der Waals surface area contributed by atoms with Crippen molar-refractivity contribution in [3.8, 4) is 0 Å². The highest BCUT2D eigenvalue weighted by Gasteiger charge is 2.14. The minimum atomic E-state index is 0.144. The zero-order valence-corrected chi connectivity index (χ0v) is 12.1. The highest BCUT2D eigenvalue weighted by molar-refractivity contribution is 7.99. The van der Waals surface area contributed by atoms with E-state index in [1.807, 2.05) is 11.8 Å². The van der Waals surface area contributed by atoms with Gasteiger partial charge in [0, 0.05) is 22.4 Å². The lowest BCUT2D eigenvalue weighted by atomic mass is 9.94. The Morgan fingerprint density at radius 3 is 2.29 bits per heavy atom. The van der Waals surface area contributed by atoms with Gasteiger partial charge in [0.25, 0.3) is 0 Å². The highest BCUT2D eigenvalue weighted by Crippen LogP contribution is 2.24. The summed E-state index contributed by atoms with van der Waals surface area (Å²) in [6.45, 7) is 10.4. The van der Waals surface area contributed by atoms with Gasteiger partial charge in [-0.15, -0.1) is 11.8 Å². The molecule has 0 fully saturated rings. The molecule has 0 unspecified atom stereocenters. The lowest BCUT2D eigenvalue weighted by molar-refractivity contribution is 0.405. The Kier molecular flexibility index (Phi) is 5.34. The van der Waals surface area contributed by atoms with Crippen molar-refractivity contribution in [2.45, 2.75) is 37.8 Å². The van der Waals surface area contributed by atoms with Crippen molar-refractivity contribution in [2.24, 2.45) is 11.1 Å². The molecule has 3 heteroatoms. The van der Waals surface area contributed by atoms with E-state index in [4.69, 9.17) is 5.73 Å². The van der Waals surface area contributed by atoms with Gasteiger partial charge < -0.3 is 11.1 Å². The van der Waals surface area contributed by atoms with Crippen LogP contribution in [0.1, 0.15) is 27.7 Å². The minimum Gasteiger partial charge on any atom is -0.384 e. The van der Waals surface area contributed by atoms with Gasteiger partial charge in [-0.2, -0.15) is 0 Å². The van der Waals surface area contributed by atoms with E-state index in [2.05, 4.69) is 57.3 Å². The van der Waals surface area contributed by atoms with E-state index in [1.165, 1.54) is 10.6 Å². The summed E-state index contributed by atoms with van der Waals surface area (Å²) in [6, 6.07) is 8.61. The summed E-state index contributed by atoms with van der Waals surface area (Å²) in [6.07, 6.45) is 0. The number of hydrogen-bond donors (Lipinski definition) is 2. The molecule has 0 aromatic heterocycles. The monoisotopic (exact) mass is 252 g/mol. The number of nitrogens with one attached hydrogen (secondary N) is 1. The largest absolute Gasteiger partial charge is 0.384 e. The minimum absolute atomic E-state index is 0.144. The van der Waals surface area contributed by atoms with Crippen LogP contribution in [-0.4, -0.2) is 18.3 Å². The van der Waals surface area contributed by atoms with Gasteiger partial charge in [0.2, 0.25) is 0 Å². The standard InChI is InChI=1S/C14H24N2S/c1-11(2)17-13-7-5-12(6-8-13)16-10-14(3,4)9-15/h5-8,11,16H,9-10,15H2,1-4H3. The number of rotatable bonds is 6. The van der Waals surface area contributed by atoms with Gasteiger partial charge in [0.05, 0.1) is 0 Å². The summed E-state index contributed by atoms with van der Waals surface area (Å²) in [7, 11) is 0. The van der Waals surface area contributed by atoms with Gasteiger partial charge in [-0.1, -0.05) is 27.7 Å². The first kappa shape index (κ1) is 14.4. The van der Waals surface area contributed by atoms with Gasteiger partial charge in [0.1, 0.15) is 0 Å². The van der Waals surface area contributed by atoms with Crippen molar-refractivity contribution in [1.82, 2.24) is 0 Å². The molecule has 1 rings (SSSR count). The number of benzene rings is 1. The molecule has 0 radical (unpaired) electrons. The van der Waals surface area contributed by atoms with Crippen LogP contribution in [0.25, 0.3) is 0 Å². The highest BCUT2D eigenvalue weighted by atomic mass is 32.2. The topological polar surface area (TPSA) is 38.0 Å². The Morgan fingerprint density at radius 1 is 1.24 bits per heavy atom. The summed E-state index contributed by atoms with van der Waals surface area (Å²) >= 11 is 1.89. The predicted molar refractivity (Wildman–Crippen MR) is 78.8 cm³/mol. The molecule has 0 saturated heterocycles. The summed E-state index contributed by atoms with van der Waals surface area (Å²) in [4.78, 5) is 1.32. The molecule has 1 aromatic rings. The molecule has 0 atom stereocenters. The first-order valence-electron chi connectivity index (χ1n) is 6.13. The quantitative estimate of drug-likeness (QED) is 0.760. The second-order valence-corrected chi connectivity index (χ2v) is 7.06. The Hall–Kier alpha value is -0.670. The molecule has 0 aliphatic rings. The van der Waals surface area contributed by atoms with E-state index >= 15 is 0 Å². The maximum absolute atomic E-state index is 5.71. The molecular weight excluding hydrogens is 228 g/mol. The van der Waals surface area contributed by atoms with Gasteiger partial charge in [0.15, 0.2) is 0 Å². The van der Waals surface area contributed by atoms with Crippen LogP contribution in [0, 0.1) is 5.41 Å². The second kappa shape index (κ2) is 6.31. The number of nitrogens with two attached hydrogens (primary N) is 1. The third-order valence-electron chi connectivity index (χ3n) is 2.55. The first-order valence-corrected chi connectivity index (χ1v) is 7.01. The zero-order valence-electron chi connectivity index (χ0n) is 11.3. The van der Waals surface area contributed by atoms with E-state index in [0.29, 0.717) is 11.8 Å². The molecule has 0 bridgehead atoms. The third kappa shape index (κ3) is 5.46. The second-order valence-electron chi connectivity index (χ2n) is 5.41. The zero-order chi connectivity index (χ0) is 12.9. The van der Waals surface area contributed by atoms with E-state index in [1.54, 1.807) is 0 Å². The molecule has 0 aliphatic carbocycles. The predicted octanol–water partition coefficient (Wildman–Crippen LogP) is 3.58. The average Bonchev–Trinajstić information content (AvgIpc) is 2.28. The van der Waals surface area contributed by atoms with Crippen molar-refractivity contribution >= 4 is 17.4 Å². The molecular formula is C14H24N2S. The van der Waals surface area contributed by atoms with E-state index in [9.17, 15) is 0 Å². The van der Waals surface area contributed by atoms with Crippen LogP contribution in [0.4, 0.5) is 5.69 Å². The van der Waals surface area contributed by atoms with Crippen LogP contribution in [0.5, 0.6) is 0 Å². The van der Waals surface area contributed by atoms with Crippen LogP contribution >= 0.6 is 11.8 Å². The van der Waals surface area contributed by atoms with Crippen LogP contribution in [-0.2, 0) is 0 Å². The van der Waals surface area contributed by atoms with Crippen molar-refractivity contribution in [3.05, 3.63) is 24.3 Å². The number of hydrogen-bond acceptors (Lipinski definition) is 3. The molecule has 0 aliphatic heterocycles. The lowest BCUT2D eigenvalue weighted by Crippen LogP contribution is -2.31. The molecule has 0 saturated carbocycles. The van der Waals surface area contributed by atoms with Crippen LogP contribution in [0.2, 0.25) is 0 Å². The maximum atomic E-state index is 5.71. The van der Waals surface area contributed by atoms with Gasteiger partial charge in [-0.25, -0.2) is 0 Å². The molecule has 0 amide bonds. The Balaban J connectivity index is 2.51. The average molecular weight is 252 g/mol. The summed E-state index contributed by atoms with van der Waals surface area (Å²) in [5, 5.41) is 4.06. The molecule has 1 aromatic carbocycles. The van der Waals surface area contributed by atoms with Crippen molar-refractivity contribution < 1.29 is 0 Å². The summed E-state index contributed by atoms with van der Waals surface area (Å²) < 4.78 is 0. The van der Waals surface area contributed by atoms with Gasteiger partial charge >= 0.3 is 0 Å². The Labute approximate surface area is 109 Å². The molecule has 0 heterocycles. The molecule has 3 N–H and O–H groups in total. The van der Waals surface area contributed by atoms with E-state index in [0.717, 1.165) is 6.54 Å². The van der Waals surface area contributed by atoms with Crippen LogP contribution in [0.3, 0.4) is 0 Å². The van der Waals surface area contributed by atoms with Gasteiger partial charge in [-0.05, 0) is 36.2 Å². The lowest BCUT2D eigenvalue weighted by Gasteiger charge is -2.23. The fraction of sp³-hybridized carbons (Fsp3) is 0.571. The van der Waals surface area contributed by atoms with E-state index in [-0.39, 0.29) is 5.41 Å². The molecule has 17 heavy (non-hydrogen) atoms. The number of anilines is 1. The Morgan fingerprint density at radius 2 is 1.82 bits per heavy atom. The fourth-order valence-electron chi connectivity index (χ4n) is 1.34. The van der Waals surface area contributed by atoms with Crippen LogP contribution in [0.15, 0.2) is 29.2 Å². The Bertz CT molecular complexity index is 331. The fourth-order valence-corrected chi connectivity index (χ4v) is 2.17. The molecule has 0 spiro atoms. The normalized spacial score (nSPS) is 11.9. The maximum Gasteiger partial charge on any atom is 0.0341 e. The van der Waals surface area contributed by atoms with Crippen LogP contribution < -0.4 is 11.1 Å². The van der Waals surface area contributed by atoms with Crippen molar-refractivity contribution in [3.63, 3.8) is 0 Å². The number of thioether (sulfide) groups is 1. The summed E-state index contributed by atoms with van der Waals surface area (Å²) in [5.74, 6) is 0. The molecule has 2 nitrogen and oxygen atoms in total. The SMILES string of the molecule is CC(C)Sc1ccc(NCC(C)(C)CN)cc1. The smallest absolute Gasteiger partial charge is 0.0341 e. The van der Waals surface area contributed by atoms with E-state index < -0.39 is 0 Å². The molecule has 96 valence electrons. The van der Waals surface area contributed by atoms with Crippen molar-refractivity contribution in [1.29, 1.82) is 0 Å². The van der Waals surface area contributed by atoms with Gasteiger partial charge in [-0.3, -0.25) is 0 Å².